The topological polar surface area (TPSA) is 12.0 Å². The molecule has 1 unspecified atom stereocenters. The highest BCUT2D eigenvalue weighted by atomic mass is 19.2. The Morgan fingerprint density at radius 3 is 2.42 bits per heavy atom. The van der Waals surface area contributed by atoms with Crippen molar-refractivity contribution < 1.29 is 8.78 Å². The van der Waals surface area contributed by atoms with Crippen molar-refractivity contribution in [3.8, 4) is 0 Å². The highest BCUT2D eigenvalue weighted by Crippen LogP contribution is 2.28. The maximum Gasteiger partial charge on any atom is 0.159 e. The summed E-state index contributed by atoms with van der Waals surface area (Å²) in [6, 6.07) is 4.65. The van der Waals surface area contributed by atoms with Crippen LogP contribution in [0, 0.1) is 17.0 Å². The van der Waals surface area contributed by atoms with Gasteiger partial charge in [0.25, 0.3) is 0 Å². The van der Waals surface area contributed by atoms with Gasteiger partial charge in [-0.05, 0) is 36.0 Å². The van der Waals surface area contributed by atoms with E-state index in [1.54, 1.807) is 6.07 Å². The van der Waals surface area contributed by atoms with Gasteiger partial charge in [-0.3, -0.25) is 0 Å². The van der Waals surface area contributed by atoms with E-state index < -0.39 is 11.6 Å². The molecular formula is C16H25F2N. The average Bonchev–Trinajstić information content (AvgIpc) is 2.32. The molecule has 0 aliphatic rings. The highest BCUT2D eigenvalue weighted by molar-refractivity contribution is 5.19. The van der Waals surface area contributed by atoms with Crippen LogP contribution in [-0.2, 0) is 6.42 Å². The Hall–Kier alpha value is -0.960. The van der Waals surface area contributed by atoms with Gasteiger partial charge in [-0.15, -0.1) is 0 Å². The summed E-state index contributed by atoms with van der Waals surface area (Å²) in [6.45, 7) is 9.47. The van der Waals surface area contributed by atoms with E-state index in [0.29, 0.717) is 6.04 Å². The number of nitrogens with one attached hydrogen (secondary N) is 1. The van der Waals surface area contributed by atoms with Crippen molar-refractivity contribution in [3.63, 3.8) is 0 Å². The summed E-state index contributed by atoms with van der Waals surface area (Å²) in [5.41, 5.74) is 0.934. The molecule has 0 aromatic heterocycles. The Morgan fingerprint density at radius 2 is 1.89 bits per heavy atom. The third-order valence-corrected chi connectivity index (χ3v) is 3.41. The number of hydrogen-bond acceptors (Lipinski definition) is 1. The molecule has 0 saturated carbocycles. The van der Waals surface area contributed by atoms with E-state index in [9.17, 15) is 8.78 Å². The van der Waals surface area contributed by atoms with Gasteiger partial charge in [-0.1, -0.05) is 40.2 Å². The van der Waals surface area contributed by atoms with Gasteiger partial charge in [-0.2, -0.15) is 0 Å². The van der Waals surface area contributed by atoms with Crippen LogP contribution in [0.25, 0.3) is 0 Å². The lowest BCUT2D eigenvalue weighted by molar-refractivity contribution is 0.266. The zero-order valence-electron chi connectivity index (χ0n) is 12.4. The maximum absolute atomic E-state index is 13.3. The standard InChI is InChI=1S/C16H25F2N/c1-5-8-16(4,11-19-12(2)3)10-13-6-7-14(17)15(18)9-13/h6-7,9,12,19H,5,8,10-11H2,1-4H3. The fourth-order valence-electron chi connectivity index (χ4n) is 2.44. The van der Waals surface area contributed by atoms with Gasteiger partial charge in [0.1, 0.15) is 0 Å². The van der Waals surface area contributed by atoms with Crippen LogP contribution in [0.5, 0.6) is 0 Å². The second-order valence-electron chi connectivity index (χ2n) is 6.02. The van der Waals surface area contributed by atoms with Crippen LogP contribution in [0.3, 0.4) is 0 Å². The molecule has 1 aromatic rings. The summed E-state index contributed by atoms with van der Waals surface area (Å²) < 4.78 is 26.2. The van der Waals surface area contributed by atoms with Gasteiger partial charge in [0, 0.05) is 12.6 Å². The van der Waals surface area contributed by atoms with Crippen LogP contribution in [0.4, 0.5) is 8.78 Å². The van der Waals surface area contributed by atoms with E-state index in [0.717, 1.165) is 31.4 Å². The number of rotatable bonds is 7. The average molecular weight is 269 g/mol. The van der Waals surface area contributed by atoms with Crippen molar-refractivity contribution in [2.45, 2.75) is 53.0 Å². The molecule has 1 rings (SSSR count). The van der Waals surface area contributed by atoms with Crippen LogP contribution in [0.15, 0.2) is 18.2 Å². The van der Waals surface area contributed by atoms with Crippen LogP contribution < -0.4 is 5.32 Å². The largest absolute Gasteiger partial charge is 0.314 e. The molecule has 3 heteroatoms. The van der Waals surface area contributed by atoms with Crippen molar-refractivity contribution in [1.82, 2.24) is 5.32 Å². The first-order valence-electron chi connectivity index (χ1n) is 7.03. The molecular weight excluding hydrogens is 244 g/mol. The first kappa shape index (κ1) is 16.1. The Morgan fingerprint density at radius 1 is 1.21 bits per heavy atom. The Balaban J connectivity index is 2.78. The van der Waals surface area contributed by atoms with E-state index in [4.69, 9.17) is 0 Å². The molecule has 0 spiro atoms. The summed E-state index contributed by atoms with van der Waals surface area (Å²) in [5, 5.41) is 3.45. The molecule has 19 heavy (non-hydrogen) atoms. The highest BCUT2D eigenvalue weighted by Gasteiger charge is 2.24. The minimum Gasteiger partial charge on any atom is -0.314 e. The molecule has 0 bridgehead atoms. The Labute approximate surface area is 115 Å². The van der Waals surface area contributed by atoms with Gasteiger partial charge >= 0.3 is 0 Å². The smallest absolute Gasteiger partial charge is 0.159 e. The third-order valence-electron chi connectivity index (χ3n) is 3.41. The van der Waals surface area contributed by atoms with E-state index in [-0.39, 0.29) is 5.41 Å². The maximum atomic E-state index is 13.3. The molecule has 0 amide bonds. The van der Waals surface area contributed by atoms with Crippen LogP contribution >= 0.6 is 0 Å². The summed E-state index contributed by atoms with van der Waals surface area (Å²) >= 11 is 0. The van der Waals surface area contributed by atoms with Crippen LogP contribution in [-0.4, -0.2) is 12.6 Å². The molecule has 0 heterocycles. The van der Waals surface area contributed by atoms with E-state index in [2.05, 4.69) is 33.0 Å². The van der Waals surface area contributed by atoms with Gasteiger partial charge in [0.05, 0.1) is 0 Å². The second kappa shape index (κ2) is 6.99. The predicted molar refractivity (Wildman–Crippen MR) is 76.2 cm³/mol. The second-order valence-corrected chi connectivity index (χ2v) is 6.02. The zero-order valence-corrected chi connectivity index (χ0v) is 12.4. The number of benzene rings is 1. The molecule has 0 aliphatic carbocycles. The van der Waals surface area contributed by atoms with E-state index in [1.165, 1.54) is 12.1 Å². The third kappa shape index (κ3) is 5.27. The lowest BCUT2D eigenvalue weighted by atomic mass is 9.79. The summed E-state index contributed by atoms with van der Waals surface area (Å²) in [7, 11) is 0. The minimum absolute atomic E-state index is 0.0727. The van der Waals surface area contributed by atoms with Crippen LogP contribution in [0.2, 0.25) is 0 Å². The molecule has 1 nitrogen and oxygen atoms in total. The number of halogens is 2. The Bertz CT molecular complexity index is 404. The van der Waals surface area contributed by atoms with Crippen LogP contribution in [0.1, 0.15) is 46.1 Å². The fraction of sp³-hybridized carbons (Fsp3) is 0.625. The minimum atomic E-state index is -0.777. The molecule has 0 aliphatic heterocycles. The fourth-order valence-corrected chi connectivity index (χ4v) is 2.44. The number of hydrogen-bond donors (Lipinski definition) is 1. The van der Waals surface area contributed by atoms with E-state index >= 15 is 0 Å². The first-order valence-corrected chi connectivity index (χ1v) is 7.03. The molecule has 108 valence electrons. The SMILES string of the molecule is CCCC(C)(CNC(C)C)Cc1ccc(F)c(F)c1. The lowest BCUT2D eigenvalue weighted by Gasteiger charge is -2.31. The van der Waals surface area contributed by atoms with Gasteiger partial charge in [-0.25, -0.2) is 8.78 Å². The van der Waals surface area contributed by atoms with Crippen molar-refractivity contribution in [2.24, 2.45) is 5.41 Å². The van der Waals surface area contributed by atoms with Crippen molar-refractivity contribution in [3.05, 3.63) is 35.4 Å². The molecule has 0 radical (unpaired) electrons. The van der Waals surface area contributed by atoms with Crippen molar-refractivity contribution >= 4 is 0 Å². The van der Waals surface area contributed by atoms with Gasteiger partial charge < -0.3 is 5.32 Å². The van der Waals surface area contributed by atoms with Crippen molar-refractivity contribution in [2.75, 3.05) is 6.54 Å². The summed E-state index contributed by atoms with van der Waals surface area (Å²) in [4.78, 5) is 0. The zero-order chi connectivity index (χ0) is 14.5. The molecule has 0 saturated heterocycles. The quantitative estimate of drug-likeness (QED) is 0.777. The Kier molecular flexibility index (Phi) is 5.92. The normalized spacial score (nSPS) is 14.7. The monoisotopic (exact) mass is 269 g/mol. The lowest BCUT2D eigenvalue weighted by Crippen LogP contribution is -2.37. The van der Waals surface area contributed by atoms with Gasteiger partial charge in [0.15, 0.2) is 11.6 Å². The van der Waals surface area contributed by atoms with E-state index in [1.807, 2.05) is 0 Å². The summed E-state index contributed by atoms with van der Waals surface area (Å²) in [6.07, 6.45) is 2.91. The first-order chi connectivity index (χ1) is 8.86. The molecule has 0 fully saturated rings. The molecule has 1 aromatic carbocycles. The van der Waals surface area contributed by atoms with Gasteiger partial charge in [0.2, 0.25) is 0 Å². The predicted octanol–water partition coefficient (Wildman–Crippen LogP) is 4.31. The molecule has 1 atom stereocenters. The molecule has 1 N–H and O–H groups in total. The summed E-state index contributed by atoms with van der Waals surface area (Å²) in [5.74, 6) is -1.53. The van der Waals surface area contributed by atoms with Crippen molar-refractivity contribution in [1.29, 1.82) is 0 Å².